The van der Waals surface area contributed by atoms with Gasteiger partial charge in [0.25, 0.3) is 5.91 Å². The van der Waals surface area contributed by atoms with Gasteiger partial charge in [-0.05, 0) is 24.1 Å². The van der Waals surface area contributed by atoms with Gasteiger partial charge in [-0.3, -0.25) is 9.69 Å². The van der Waals surface area contributed by atoms with Crippen LogP contribution in [-0.4, -0.2) is 80.8 Å². The number of amides is 3. The first kappa shape index (κ1) is 17.7. The Labute approximate surface area is 148 Å². The van der Waals surface area contributed by atoms with Crippen molar-refractivity contribution in [3.8, 4) is 0 Å². The van der Waals surface area contributed by atoms with Crippen molar-refractivity contribution in [1.82, 2.24) is 20.4 Å². The number of piperazine rings is 1. The Balaban J connectivity index is 1.46. The van der Waals surface area contributed by atoms with Gasteiger partial charge in [0, 0.05) is 45.3 Å². The van der Waals surface area contributed by atoms with Crippen LogP contribution in [0.25, 0.3) is 0 Å². The highest BCUT2D eigenvalue weighted by Gasteiger charge is 2.31. The molecule has 1 aromatic carbocycles. The molecule has 0 radical (unpaired) electrons. The van der Waals surface area contributed by atoms with Gasteiger partial charge >= 0.3 is 6.03 Å². The molecule has 3 rings (SSSR count). The average molecular weight is 346 g/mol. The molecule has 1 aromatic rings. The lowest BCUT2D eigenvalue weighted by atomic mass is 10.1. The van der Waals surface area contributed by atoms with Crippen LogP contribution in [0.1, 0.15) is 15.9 Å². The summed E-state index contributed by atoms with van der Waals surface area (Å²) in [6.07, 6.45) is 0.697. The van der Waals surface area contributed by atoms with Crippen molar-refractivity contribution in [3.05, 3.63) is 35.4 Å². The minimum absolute atomic E-state index is 0.0207. The Hall–Kier alpha value is -2.12. The summed E-state index contributed by atoms with van der Waals surface area (Å²) in [6.45, 7) is 5.40. The van der Waals surface area contributed by atoms with Crippen LogP contribution >= 0.6 is 0 Å². The number of ether oxygens (including phenoxy) is 1. The predicted molar refractivity (Wildman–Crippen MR) is 94.7 cm³/mol. The molecule has 0 unspecified atom stereocenters. The normalized spacial score (nSPS) is 20.7. The molecule has 2 aliphatic rings. The van der Waals surface area contributed by atoms with Gasteiger partial charge in [-0.15, -0.1) is 0 Å². The second-order valence-corrected chi connectivity index (χ2v) is 6.47. The summed E-state index contributed by atoms with van der Waals surface area (Å²) >= 11 is 0. The summed E-state index contributed by atoms with van der Waals surface area (Å²) in [5.74, 6) is -0.0987. The van der Waals surface area contributed by atoms with Gasteiger partial charge in [0.15, 0.2) is 0 Å². The number of nitrogens with one attached hydrogen (secondary N) is 2. The SMILES string of the molecule is CNC(=O)c1cccc(CCNC(=O)N2CCN3CCOC[C@H]3C2)c1. The van der Waals surface area contributed by atoms with E-state index in [2.05, 4.69) is 15.5 Å². The molecule has 0 aromatic heterocycles. The number of hydrogen-bond acceptors (Lipinski definition) is 4. The van der Waals surface area contributed by atoms with Gasteiger partial charge in [-0.1, -0.05) is 12.1 Å². The maximum absolute atomic E-state index is 12.4. The molecule has 7 heteroatoms. The van der Waals surface area contributed by atoms with Gasteiger partial charge in [0.2, 0.25) is 0 Å². The van der Waals surface area contributed by atoms with E-state index in [1.165, 1.54) is 0 Å². The fourth-order valence-corrected chi connectivity index (χ4v) is 3.37. The number of carbonyl (C=O) groups excluding carboxylic acids is 2. The minimum atomic E-state index is -0.0987. The number of fused-ring (bicyclic) bond motifs is 1. The van der Waals surface area contributed by atoms with Crippen LogP contribution in [-0.2, 0) is 11.2 Å². The van der Waals surface area contributed by atoms with Crippen LogP contribution in [0.3, 0.4) is 0 Å². The van der Waals surface area contributed by atoms with E-state index in [0.717, 1.165) is 38.3 Å². The molecule has 2 saturated heterocycles. The van der Waals surface area contributed by atoms with E-state index in [0.29, 0.717) is 31.2 Å². The summed E-state index contributed by atoms with van der Waals surface area (Å²) in [4.78, 5) is 28.3. The molecule has 3 amide bonds. The zero-order valence-electron chi connectivity index (χ0n) is 14.7. The van der Waals surface area contributed by atoms with Crippen molar-refractivity contribution in [2.24, 2.45) is 0 Å². The number of hydrogen-bond donors (Lipinski definition) is 2. The first-order valence-electron chi connectivity index (χ1n) is 8.83. The standard InChI is InChI=1S/C18H26N4O3/c1-19-17(23)15-4-2-3-14(11-15)5-6-20-18(24)22-8-7-21-9-10-25-13-16(21)12-22/h2-4,11,16H,5-10,12-13H2,1H3,(H,19,23)(H,20,24)/t16-/m1/s1. The Morgan fingerprint density at radius 2 is 2.16 bits per heavy atom. The molecule has 0 bridgehead atoms. The molecule has 136 valence electrons. The Kier molecular flexibility index (Phi) is 5.88. The summed E-state index contributed by atoms with van der Waals surface area (Å²) in [5.41, 5.74) is 1.67. The molecular weight excluding hydrogens is 320 g/mol. The van der Waals surface area contributed by atoms with Crippen LogP contribution in [0.15, 0.2) is 24.3 Å². The zero-order valence-corrected chi connectivity index (χ0v) is 14.7. The average Bonchev–Trinajstić information content (AvgIpc) is 2.67. The quantitative estimate of drug-likeness (QED) is 0.823. The first-order chi connectivity index (χ1) is 12.2. The lowest BCUT2D eigenvalue weighted by Gasteiger charge is -2.43. The number of benzene rings is 1. The van der Waals surface area contributed by atoms with E-state index in [1.54, 1.807) is 13.1 Å². The van der Waals surface area contributed by atoms with E-state index in [1.807, 2.05) is 23.1 Å². The second kappa shape index (κ2) is 8.31. The van der Waals surface area contributed by atoms with E-state index < -0.39 is 0 Å². The Morgan fingerprint density at radius 1 is 1.28 bits per heavy atom. The first-order valence-corrected chi connectivity index (χ1v) is 8.83. The lowest BCUT2D eigenvalue weighted by Crippen LogP contribution is -2.60. The molecule has 2 N–H and O–H groups in total. The molecule has 7 nitrogen and oxygen atoms in total. The van der Waals surface area contributed by atoms with Crippen LogP contribution in [0, 0.1) is 0 Å². The maximum atomic E-state index is 12.4. The summed E-state index contributed by atoms with van der Waals surface area (Å²) in [6, 6.07) is 7.78. The fourth-order valence-electron chi connectivity index (χ4n) is 3.37. The molecule has 2 aliphatic heterocycles. The highest BCUT2D eigenvalue weighted by molar-refractivity contribution is 5.94. The Morgan fingerprint density at radius 3 is 3.00 bits per heavy atom. The van der Waals surface area contributed by atoms with Gasteiger partial charge in [-0.25, -0.2) is 4.79 Å². The number of carbonyl (C=O) groups is 2. The van der Waals surface area contributed by atoms with Crippen LogP contribution < -0.4 is 10.6 Å². The second-order valence-electron chi connectivity index (χ2n) is 6.47. The molecule has 2 heterocycles. The highest BCUT2D eigenvalue weighted by atomic mass is 16.5. The van der Waals surface area contributed by atoms with Crippen molar-refractivity contribution in [2.45, 2.75) is 12.5 Å². The van der Waals surface area contributed by atoms with E-state index in [9.17, 15) is 9.59 Å². The number of urea groups is 1. The van der Waals surface area contributed by atoms with E-state index in [4.69, 9.17) is 4.74 Å². The molecule has 2 fully saturated rings. The predicted octanol–water partition coefficient (Wildman–Crippen LogP) is 0.315. The highest BCUT2D eigenvalue weighted by Crippen LogP contribution is 2.13. The van der Waals surface area contributed by atoms with E-state index >= 15 is 0 Å². The molecule has 0 spiro atoms. The molecule has 1 atom stereocenters. The number of morpholine rings is 1. The third-order valence-corrected chi connectivity index (χ3v) is 4.83. The summed E-state index contributed by atoms with van der Waals surface area (Å²) in [7, 11) is 1.62. The van der Waals surface area contributed by atoms with Crippen molar-refractivity contribution < 1.29 is 14.3 Å². The van der Waals surface area contributed by atoms with Crippen molar-refractivity contribution >= 4 is 11.9 Å². The number of nitrogens with zero attached hydrogens (tertiary/aromatic N) is 2. The van der Waals surface area contributed by atoms with Crippen LogP contribution in [0.4, 0.5) is 4.79 Å². The monoisotopic (exact) mass is 346 g/mol. The third kappa shape index (κ3) is 4.49. The van der Waals surface area contributed by atoms with Crippen molar-refractivity contribution in [1.29, 1.82) is 0 Å². The van der Waals surface area contributed by atoms with Crippen molar-refractivity contribution in [3.63, 3.8) is 0 Å². The summed E-state index contributed by atoms with van der Waals surface area (Å²) < 4.78 is 5.51. The fraction of sp³-hybridized carbons (Fsp3) is 0.556. The largest absolute Gasteiger partial charge is 0.378 e. The van der Waals surface area contributed by atoms with Crippen LogP contribution in [0.5, 0.6) is 0 Å². The number of rotatable bonds is 4. The van der Waals surface area contributed by atoms with Gasteiger partial charge in [0.05, 0.1) is 19.3 Å². The van der Waals surface area contributed by atoms with Gasteiger partial charge < -0.3 is 20.3 Å². The molecular formula is C18H26N4O3. The van der Waals surface area contributed by atoms with Crippen LogP contribution in [0.2, 0.25) is 0 Å². The summed E-state index contributed by atoms with van der Waals surface area (Å²) in [5, 5.41) is 5.61. The smallest absolute Gasteiger partial charge is 0.317 e. The molecule has 25 heavy (non-hydrogen) atoms. The van der Waals surface area contributed by atoms with Gasteiger partial charge in [-0.2, -0.15) is 0 Å². The van der Waals surface area contributed by atoms with Crippen molar-refractivity contribution in [2.75, 3.05) is 53.0 Å². The zero-order chi connectivity index (χ0) is 17.6. The lowest BCUT2D eigenvalue weighted by molar-refractivity contribution is -0.0364. The molecule has 0 saturated carbocycles. The molecule has 0 aliphatic carbocycles. The minimum Gasteiger partial charge on any atom is -0.378 e. The third-order valence-electron chi connectivity index (χ3n) is 4.83. The van der Waals surface area contributed by atoms with Gasteiger partial charge in [0.1, 0.15) is 0 Å². The topological polar surface area (TPSA) is 73.9 Å². The maximum Gasteiger partial charge on any atom is 0.317 e. The van der Waals surface area contributed by atoms with E-state index in [-0.39, 0.29) is 11.9 Å². The Bertz CT molecular complexity index is 622.